The van der Waals surface area contributed by atoms with Crippen LogP contribution in [0.1, 0.15) is 36.5 Å². The fourth-order valence-corrected chi connectivity index (χ4v) is 4.95. The van der Waals surface area contributed by atoms with Crippen molar-refractivity contribution in [1.82, 2.24) is 4.90 Å². The number of benzene rings is 2. The largest absolute Gasteiger partial charge is 0.486 e. The molecular weight excluding hydrogens is 404 g/mol. The second kappa shape index (κ2) is 8.01. The number of nitrogens with zero attached hydrogens (tertiary/aromatic N) is 2. The minimum absolute atomic E-state index is 0.268. The molecule has 3 aliphatic heterocycles. The monoisotopic (exact) mass is 432 g/mol. The number of carbonyl (C=O) groups excluding carboxylic acids is 2. The van der Waals surface area contributed by atoms with Crippen LogP contribution in [-0.2, 0) is 9.59 Å². The van der Waals surface area contributed by atoms with Crippen LogP contribution in [0, 0.1) is 19.8 Å². The highest BCUT2D eigenvalue weighted by atomic mass is 16.6. The molecule has 0 radical (unpaired) electrons. The number of anilines is 1. The Hall–Kier alpha value is -3.28. The lowest BCUT2D eigenvalue weighted by molar-refractivity contribution is -0.120. The zero-order chi connectivity index (χ0) is 22.4. The molecule has 5 rings (SSSR count). The molecule has 0 N–H and O–H groups in total. The maximum Gasteiger partial charge on any atom is 0.282 e. The van der Waals surface area contributed by atoms with E-state index in [2.05, 4.69) is 17.9 Å². The van der Waals surface area contributed by atoms with Crippen molar-refractivity contribution in [2.24, 2.45) is 5.92 Å². The van der Waals surface area contributed by atoms with Crippen molar-refractivity contribution in [1.29, 1.82) is 0 Å². The van der Waals surface area contributed by atoms with E-state index in [0.717, 1.165) is 42.6 Å². The molecule has 0 saturated carbocycles. The second-order valence-corrected chi connectivity index (χ2v) is 9.01. The summed E-state index contributed by atoms with van der Waals surface area (Å²) in [6.45, 7) is 8.71. The molecule has 1 atom stereocenters. The smallest absolute Gasteiger partial charge is 0.282 e. The number of likely N-dealkylation sites (tertiary alicyclic amines) is 1. The van der Waals surface area contributed by atoms with E-state index in [9.17, 15) is 9.59 Å². The molecular formula is C26H28N2O4. The maximum absolute atomic E-state index is 13.8. The van der Waals surface area contributed by atoms with Gasteiger partial charge in [-0.1, -0.05) is 30.7 Å². The Morgan fingerprint density at radius 2 is 1.72 bits per heavy atom. The first-order valence-electron chi connectivity index (χ1n) is 11.3. The van der Waals surface area contributed by atoms with E-state index in [-0.39, 0.29) is 11.8 Å². The Morgan fingerprint density at radius 1 is 0.938 bits per heavy atom. The van der Waals surface area contributed by atoms with Crippen molar-refractivity contribution in [3.63, 3.8) is 0 Å². The summed E-state index contributed by atoms with van der Waals surface area (Å²) in [4.78, 5) is 31.0. The highest BCUT2D eigenvalue weighted by Gasteiger charge is 2.43. The third kappa shape index (κ3) is 3.44. The van der Waals surface area contributed by atoms with Crippen LogP contribution in [0.5, 0.6) is 11.5 Å². The zero-order valence-electron chi connectivity index (χ0n) is 18.8. The van der Waals surface area contributed by atoms with Gasteiger partial charge in [0, 0.05) is 19.2 Å². The van der Waals surface area contributed by atoms with Gasteiger partial charge in [0.05, 0.1) is 11.3 Å². The lowest BCUT2D eigenvalue weighted by Crippen LogP contribution is -2.39. The van der Waals surface area contributed by atoms with Gasteiger partial charge in [-0.15, -0.1) is 0 Å². The molecule has 1 unspecified atom stereocenters. The molecule has 0 aromatic heterocycles. The maximum atomic E-state index is 13.8. The van der Waals surface area contributed by atoms with Gasteiger partial charge < -0.3 is 14.4 Å². The predicted octanol–water partition coefficient (Wildman–Crippen LogP) is 4.09. The number of ether oxygens (including phenoxy) is 2. The third-order valence-corrected chi connectivity index (χ3v) is 6.47. The van der Waals surface area contributed by atoms with E-state index < -0.39 is 0 Å². The molecule has 1 fully saturated rings. The molecule has 2 aromatic carbocycles. The summed E-state index contributed by atoms with van der Waals surface area (Å²) < 4.78 is 11.3. The van der Waals surface area contributed by atoms with E-state index in [1.807, 2.05) is 26.0 Å². The van der Waals surface area contributed by atoms with Crippen molar-refractivity contribution >= 4 is 23.1 Å². The number of imide groups is 1. The minimum atomic E-state index is -0.285. The summed E-state index contributed by atoms with van der Waals surface area (Å²) in [5, 5.41) is 0. The van der Waals surface area contributed by atoms with Crippen LogP contribution in [0.15, 0.2) is 42.1 Å². The molecule has 0 aliphatic carbocycles. The Bertz CT molecular complexity index is 1140. The third-order valence-electron chi connectivity index (χ3n) is 6.47. The van der Waals surface area contributed by atoms with Crippen LogP contribution in [0.3, 0.4) is 0 Å². The standard InChI is InChI=1S/C26H28N2O4/c1-16-6-8-20(18(3)13-16)23-24(27-10-4-5-17(2)15-27)26(30)28(25(23)29)19-7-9-21-22(14-19)32-12-11-31-21/h6-9,13-14,17H,4-5,10-12,15H2,1-3H3. The molecule has 3 aliphatic rings. The molecule has 32 heavy (non-hydrogen) atoms. The molecule has 3 heterocycles. The predicted molar refractivity (Wildman–Crippen MR) is 123 cm³/mol. The summed E-state index contributed by atoms with van der Waals surface area (Å²) in [5.41, 5.74) is 4.46. The molecule has 1 saturated heterocycles. The number of hydrogen-bond donors (Lipinski definition) is 0. The number of hydrogen-bond acceptors (Lipinski definition) is 5. The number of piperidine rings is 1. The van der Waals surface area contributed by atoms with Gasteiger partial charge in [0.25, 0.3) is 11.8 Å². The van der Waals surface area contributed by atoms with Crippen molar-refractivity contribution in [2.45, 2.75) is 33.6 Å². The lowest BCUT2D eigenvalue weighted by Gasteiger charge is -2.33. The SMILES string of the molecule is Cc1ccc(C2=C(N3CCCC(C)C3)C(=O)N(c3ccc4c(c3)OCCO4)C2=O)c(C)c1. The Balaban J connectivity index is 1.62. The topological polar surface area (TPSA) is 59.1 Å². The normalized spacial score (nSPS) is 20.9. The van der Waals surface area contributed by atoms with E-state index in [1.54, 1.807) is 18.2 Å². The highest BCUT2D eigenvalue weighted by molar-refractivity contribution is 6.45. The van der Waals surface area contributed by atoms with Gasteiger partial charge in [0.2, 0.25) is 0 Å². The molecule has 0 spiro atoms. The van der Waals surface area contributed by atoms with Gasteiger partial charge in [-0.3, -0.25) is 9.59 Å². The number of amides is 2. The first kappa shape index (κ1) is 20.6. The Labute approximate surface area is 188 Å². The fraction of sp³-hybridized carbons (Fsp3) is 0.385. The Kier molecular flexibility index (Phi) is 5.16. The molecule has 2 aromatic rings. The highest BCUT2D eigenvalue weighted by Crippen LogP contribution is 2.40. The Morgan fingerprint density at radius 3 is 2.47 bits per heavy atom. The van der Waals surface area contributed by atoms with Crippen LogP contribution < -0.4 is 14.4 Å². The van der Waals surface area contributed by atoms with E-state index in [4.69, 9.17) is 9.47 Å². The van der Waals surface area contributed by atoms with Crippen molar-refractivity contribution in [2.75, 3.05) is 31.2 Å². The molecule has 0 bridgehead atoms. The fourth-order valence-electron chi connectivity index (χ4n) is 4.95. The summed E-state index contributed by atoms with van der Waals surface area (Å²) in [6, 6.07) is 11.3. The van der Waals surface area contributed by atoms with Crippen LogP contribution in [0.2, 0.25) is 0 Å². The van der Waals surface area contributed by atoms with Gasteiger partial charge in [0.15, 0.2) is 11.5 Å². The quantitative estimate of drug-likeness (QED) is 0.684. The number of carbonyl (C=O) groups is 2. The van der Waals surface area contributed by atoms with Crippen LogP contribution in [-0.4, -0.2) is 43.0 Å². The van der Waals surface area contributed by atoms with Gasteiger partial charge in [0.1, 0.15) is 18.9 Å². The van der Waals surface area contributed by atoms with Crippen molar-refractivity contribution in [3.05, 3.63) is 58.8 Å². The summed E-state index contributed by atoms with van der Waals surface area (Å²) in [5.74, 6) is 1.11. The van der Waals surface area contributed by atoms with E-state index >= 15 is 0 Å². The summed E-state index contributed by atoms with van der Waals surface area (Å²) in [6.07, 6.45) is 2.15. The van der Waals surface area contributed by atoms with E-state index in [1.165, 1.54) is 4.90 Å². The molecule has 2 amide bonds. The summed E-state index contributed by atoms with van der Waals surface area (Å²) >= 11 is 0. The van der Waals surface area contributed by atoms with Crippen molar-refractivity contribution in [3.8, 4) is 11.5 Å². The van der Waals surface area contributed by atoms with E-state index in [0.29, 0.717) is 47.6 Å². The van der Waals surface area contributed by atoms with Crippen LogP contribution in [0.25, 0.3) is 5.57 Å². The van der Waals surface area contributed by atoms with Gasteiger partial charge in [-0.05, 0) is 55.9 Å². The lowest BCUT2D eigenvalue weighted by atomic mass is 9.95. The van der Waals surface area contributed by atoms with Crippen LogP contribution >= 0.6 is 0 Å². The number of rotatable bonds is 3. The molecule has 166 valence electrons. The number of aryl methyl sites for hydroxylation is 2. The van der Waals surface area contributed by atoms with Gasteiger partial charge in [-0.2, -0.15) is 0 Å². The molecule has 6 nitrogen and oxygen atoms in total. The zero-order valence-corrected chi connectivity index (χ0v) is 18.8. The first-order valence-corrected chi connectivity index (χ1v) is 11.3. The van der Waals surface area contributed by atoms with Crippen LogP contribution in [0.4, 0.5) is 5.69 Å². The van der Waals surface area contributed by atoms with Crippen molar-refractivity contribution < 1.29 is 19.1 Å². The van der Waals surface area contributed by atoms with Gasteiger partial charge >= 0.3 is 0 Å². The average molecular weight is 433 g/mol. The second-order valence-electron chi connectivity index (χ2n) is 9.01. The molecule has 6 heteroatoms. The average Bonchev–Trinajstić information content (AvgIpc) is 3.03. The number of fused-ring (bicyclic) bond motifs is 1. The first-order chi connectivity index (χ1) is 15.4. The summed E-state index contributed by atoms with van der Waals surface area (Å²) in [7, 11) is 0. The minimum Gasteiger partial charge on any atom is -0.486 e. The van der Waals surface area contributed by atoms with Gasteiger partial charge in [-0.25, -0.2) is 4.90 Å².